The molecule has 0 amide bonds. The first kappa shape index (κ1) is 23.9. The molecule has 0 rings (SSSR count). The van der Waals surface area contributed by atoms with Crippen LogP contribution in [-0.4, -0.2) is 33.4 Å². The number of carbonyl (C=O) groups is 2. The van der Waals surface area contributed by atoms with Crippen molar-refractivity contribution in [2.45, 2.75) is 109 Å². The highest BCUT2D eigenvalue weighted by atomic mass is 16.4. The van der Waals surface area contributed by atoms with Gasteiger partial charge in [0.25, 0.3) is 0 Å². The number of aliphatic hydroxyl groups excluding tert-OH is 1. The van der Waals surface area contributed by atoms with Gasteiger partial charge in [0.1, 0.15) is 0 Å². The third kappa shape index (κ3) is 16.1. The second-order valence-electron chi connectivity index (χ2n) is 7.18. The molecule has 0 aliphatic heterocycles. The van der Waals surface area contributed by atoms with Crippen LogP contribution in [0.4, 0.5) is 0 Å². The summed E-state index contributed by atoms with van der Waals surface area (Å²) in [5, 5.41) is 28.0. The van der Waals surface area contributed by atoms with Gasteiger partial charge in [-0.25, -0.2) is 0 Å². The van der Waals surface area contributed by atoms with Crippen LogP contribution in [-0.2, 0) is 9.59 Å². The van der Waals surface area contributed by atoms with Gasteiger partial charge in [-0.1, -0.05) is 71.1 Å². The molecule has 25 heavy (non-hydrogen) atoms. The zero-order valence-electron chi connectivity index (χ0n) is 15.9. The number of hydrogen-bond acceptors (Lipinski definition) is 3. The van der Waals surface area contributed by atoms with E-state index in [1.165, 1.54) is 25.7 Å². The largest absolute Gasteiger partial charge is 0.481 e. The van der Waals surface area contributed by atoms with Crippen LogP contribution in [0.5, 0.6) is 0 Å². The molecule has 0 aromatic carbocycles. The van der Waals surface area contributed by atoms with Crippen molar-refractivity contribution in [3.05, 3.63) is 0 Å². The van der Waals surface area contributed by atoms with E-state index in [2.05, 4.69) is 6.92 Å². The van der Waals surface area contributed by atoms with Crippen LogP contribution in [0.1, 0.15) is 103 Å². The molecule has 0 heterocycles. The van der Waals surface area contributed by atoms with Crippen LogP contribution >= 0.6 is 0 Å². The lowest BCUT2D eigenvalue weighted by atomic mass is 9.89. The highest BCUT2D eigenvalue weighted by Gasteiger charge is 2.21. The number of carboxylic acids is 2. The third-order valence-electron chi connectivity index (χ3n) is 4.80. The summed E-state index contributed by atoms with van der Waals surface area (Å²) in [4.78, 5) is 21.5. The first-order valence-electron chi connectivity index (χ1n) is 10.1. The Balaban J connectivity index is 3.89. The summed E-state index contributed by atoms with van der Waals surface area (Å²) in [6.45, 7) is 2.19. The van der Waals surface area contributed by atoms with Crippen LogP contribution in [0.2, 0.25) is 0 Å². The van der Waals surface area contributed by atoms with Gasteiger partial charge in [-0.15, -0.1) is 0 Å². The molecule has 0 aromatic rings. The molecule has 0 aromatic heterocycles. The topological polar surface area (TPSA) is 94.8 Å². The van der Waals surface area contributed by atoms with Crippen molar-refractivity contribution in [2.75, 3.05) is 0 Å². The third-order valence-corrected chi connectivity index (χ3v) is 4.80. The first-order chi connectivity index (χ1) is 12.0. The predicted octanol–water partition coefficient (Wildman–Crippen LogP) is 5.00. The van der Waals surface area contributed by atoms with E-state index in [9.17, 15) is 14.7 Å². The van der Waals surface area contributed by atoms with E-state index >= 15 is 0 Å². The highest BCUT2D eigenvalue weighted by Crippen LogP contribution is 2.23. The Hall–Kier alpha value is -1.10. The summed E-state index contributed by atoms with van der Waals surface area (Å²) in [6, 6.07) is 0. The van der Waals surface area contributed by atoms with Crippen molar-refractivity contribution in [3.8, 4) is 0 Å². The monoisotopic (exact) mass is 358 g/mol. The summed E-state index contributed by atoms with van der Waals surface area (Å²) >= 11 is 0. The molecule has 5 nitrogen and oxygen atoms in total. The molecule has 0 aliphatic carbocycles. The van der Waals surface area contributed by atoms with E-state index < -0.39 is 18.0 Å². The number of aliphatic hydroxyl groups is 1. The second-order valence-corrected chi connectivity index (χ2v) is 7.18. The van der Waals surface area contributed by atoms with E-state index in [1.54, 1.807) is 0 Å². The molecule has 2 unspecified atom stereocenters. The minimum atomic E-state index is -0.839. The minimum Gasteiger partial charge on any atom is -0.481 e. The average molecular weight is 359 g/mol. The number of unbranched alkanes of at least 4 members (excludes halogenated alkanes) is 9. The molecule has 0 radical (unpaired) electrons. The van der Waals surface area contributed by atoms with Crippen LogP contribution in [0.15, 0.2) is 0 Å². The number of hydrogen-bond donors (Lipinski definition) is 3. The van der Waals surface area contributed by atoms with Crippen molar-refractivity contribution in [2.24, 2.45) is 5.92 Å². The minimum absolute atomic E-state index is 0.0377. The van der Waals surface area contributed by atoms with Gasteiger partial charge in [0, 0.05) is 6.42 Å². The fourth-order valence-corrected chi connectivity index (χ4v) is 3.24. The Morgan fingerprint density at radius 2 is 1.24 bits per heavy atom. The van der Waals surface area contributed by atoms with Gasteiger partial charge in [0.15, 0.2) is 0 Å². The highest BCUT2D eigenvalue weighted by molar-refractivity contribution is 5.67. The van der Waals surface area contributed by atoms with E-state index in [0.717, 1.165) is 44.9 Å². The molecule has 0 saturated heterocycles. The van der Waals surface area contributed by atoms with Gasteiger partial charge in [-0.05, 0) is 25.2 Å². The van der Waals surface area contributed by atoms with Gasteiger partial charge >= 0.3 is 11.9 Å². The Morgan fingerprint density at radius 3 is 1.80 bits per heavy atom. The zero-order valence-corrected chi connectivity index (χ0v) is 15.9. The van der Waals surface area contributed by atoms with Gasteiger partial charge in [-0.2, -0.15) is 0 Å². The Bertz CT molecular complexity index is 343. The van der Waals surface area contributed by atoms with E-state index in [0.29, 0.717) is 12.8 Å². The van der Waals surface area contributed by atoms with Crippen molar-refractivity contribution in [3.63, 3.8) is 0 Å². The molecule has 0 saturated carbocycles. The summed E-state index contributed by atoms with van der Waals surface area (Å²) in [5.74, 6) is -1.75. The molecule has 2 atom stereocenters. The average Bonchev–Trinajstić information content (AvgIpc) is 2.55. The standard InChI is InChI=1S/C20H38O5/c1-2-3-4-5-8-11-14-18(21)17(16-20(24)25)13-10-7-6-9-12-15-19(22)23/h17-18,21H,2-16H2,1H3,(H,22,23)(H,24,25). The Labute approximate surface area is 152 Å². The summed E-state index contributed by atoms with van der Waals surface area (Å²) < 4.78 is 0. The van der Waals surface area contributed by atoms with Crippen LogP contribution in [0.3, 0.4) is 0 Å². The molecule has 0 aliphatic rings. The van der Waals surface area contributed by atoms with Crippen molar-refractivity contribution in [1.82, 2.24) is 0 Å². The normalized spacial score (nSPS) is 13.5. The Kier molecular flexibility index (Phi) is 15.7. The fraction of sp³-hybridized carbons (Fsp3) is 0.900. The van der Waals surface area contributed by atoms with E-state index in [1.807, 2.05) is 0 Å². The quantitative estimate of drug-likeness (QED) is 0.300. The van der Waals surface area contributed by atoms with Gasteiger partial charge in [0.2, 0.25) is 0 Å². The van der Waals surface area contributed by atoms with Gasteiger partial charge < -0.3 is 15.3 Å². The lowest BCUT2D eigenvalue weighted by Crippen LogP contribution is -2.23. The lowest BCUT2D eigenvalue weighted by Gasteiger charge is -2.21. The predicted molar refractivity (Wildman–Crippen MR) is 99.7 cm³/mol. The maximum Gasteiger partial charge on any atom is 0.303 e. The maximum atomic E-state index is 11.0. The summed E-state index contributed by atoms with van der Waals surface area (Å²) in [6.07, 6.45) is 12.6. The first-order valence-corrected chi connectivity index (χ1v) is 10.1. The van der Waals surface area contributed by atoms with Gasteiger partial charge in [-0.3, -0.25) is 9.59 Å². The zero-order chi connectivity index (χ0) is 18.9. The molecule has 0 fully saturated rings. The maximum absolute atomic E-state index is 11.0. The summed E-state index contributed by atoms with van der Waals surface area (Å²) in [7, 11) is 0. The lowest BCUT2D eigenvalue weighted by molar-refractivity contribution is -0.139. The van der Waals surface area contributed by atoms with Crippen molar-refractivity contribution < 1.29 is 24.9 Å². The SMILES string of the molecule is CCCCCCCCC(O)C(CCCCCCCC(=O)O)CC(=O)O. The van der Waals surface area contributed by atoms with Gasteiger partial charge in [0.05, 0.1) is 12.5 Å². The van der Waals surface area contributed by atoms with Crippen LogP contribution in [0.25, 0.3) is 0 Å². The van der Waals surface area contributed by atoms with Crippen LogP contribution in [0, 0.1) is 5.92 Å². The number of carboxylic acid groups (broad SMARTS) is 2. The molecular formula is C20H38O5. The number of rotatable bonds is 18. The van der Waals surface area contributed by atoms with Crippen LogP contribution < -0.4 is 0 Å². The molecule has 3 N–H and O–H groups in total. The molecule has 5 heteroatoms. The van der Waals surface area contributed by atoms with Crippen molar-refractivity contribution >= 4 is 11.9 Å². The van der Waals surface area contributed by atoms with E-state index in [4.69, 9.17) is 10.2 Å². The fourth-order valence-electron chi connectivity index (χ4n) is 3.24. The number of aliphatic carboxylic acids is 2. The molecule has 148 valence electrons. The Morgan fingerprint density at radius 1 is 0.720 bits per heavy atom. The molecule has 0 bridgehead atoms. The van der Waals surface area contributed by atoms with Crippen molar-refractivity contribution in [1.29, 1.82) is 0 Å². The summed E-state index contributed by atoms with van der Waals surface area (Å²) in [5.41, 5.74) is 0. The molecule has 0 spiro atoms. The van der Waals surface area contributed by atoms with E-state index in [-0.39, 0.29) is 18.8 Å². The molecular weight excluding hydrogens is 320 g/mol. The smallest absolute Gasteiger partial charge is 0.303 e. The second kappa shape index (κ2) is 16.4.